The van der Waals surface area contributed by atoms with Crippen LogP contribution in [0.25, 0.3) is 21.8 Å². The van der Waals surface area contributed by atoms with E-state index < -0.39 is 5.97 Å². The molecule has 0 unspecified atom stereocenters. The van der Waals surface area contributed by atoms with Crippen LogP contribution < -0.4 is 0 Å². The number of carbonyl (C=O) groups is 1. The molecule has 1 aromatic carbocycles. The Kier molecular flexibility index (Phi) is 3.19. The number of aromatic carboxylic acids is 1. The lowest BCUT2D eigenvalue weighted by molar-refractivity contribution is 0.0697. The van der Waals surface area contributed by atoms with Crippen molar-refractivity contribution < 1.29 is 9.90 Å². The highest BCUT2D eigenvalue weighted by Gasteiger charge is 2.12. The number of nitrogens with zero attached hydrogens (tertiary/aromatic N) is 3. The second-order valence-corrected chi connectivity index (χ2v) is 5.19. The van der Waals surface area contributed by atoms with Crippen LogP contribution in [-0.2, 0) is 0 Å². The Morgan fingerprint density at radius 3 is 2.80 bits per heavy atom. The number of benzene rings is 1. The van der Waals surface area contributed by atoms with E-state index in [9.17, 15) is 4.79 Å². The van der Waals surface area contributed by atoms with Gasteiger partial charge in [-0.3, -0.25) is 0 Å². The maximum atomic E-state index is 11.0. The van der Waals surface area contributed by atoms with E-state index in [0.717, 1.165) is 10.8 Å². The molecular weight excluding hydrogens is 298 g/mol. The van der Waals surface area contributed by atoms with Crippen LogP contribution in [0.15, 0.2) is 29.6 Å². The van der Waals surface area contributed by atoms with E-state index in [1.807, 2.05) is 6.26 Å². The van der Waals surface area contributed by atoms with Gasteiger partial charge in [-0.15, -0.1) is 0 Å². The maximum absolute atomic E-state index is 11.0. The molecule has 3 aromatic rings. The predicted molar refractivity (Wildman–Crippen MR) is 78.6 cm³/mol. The summed E-state index contributed by atoms with van der Waals surface area (Å²) in [5.74, 6) is -1.00. The van der Waals surface area contributed by atoms with E-state index in [0.29, 0.717) is 16.2 Å². The van der Waals surface area contributed by atoms with Gasteiger partial charge in [0, 0.05) is 17.0 Å². The first-order valence-corrected chi connectivity index (χ1v) is 7.23. The van der Waals surface area contributed by atoms with Gasteiger partial charge in [-0.2, -0.15) is 0 Å². The number of hydrogen-bond acceptors (Lipinski definition) is 5. The van der Waals surface area contributed by atoms with Gasteiger partial charge in [0.2, 0.25) is 0 Å². The summed E-state index contributed by atoms with van der Waals surface area (Å²) in [7, 11) is 0. The Morgan fingerprint density at radius 2 is 2.10 bits per heavy atom. The van der Waals surface area contributed by atoms with Crippen LogP contribution in [0, 0.1) is 0 Å². The van der Waals surface area contributed by atoms with Crippen molar-refractivity contribution in [2.75, 3.05) is 6.26 Å². The van der Waals surface area contributed by atoms with Crippen molar-refractivity contribution in [2.45, 2.75) is 5.16 Å². The molecule has 0 aliphatic heterocycles. The summed E-state index contributed by atoms with van der Waals surface area (Å²) in [6.45, 7) is 0. The molecule has 1 N–H and O–H groups in total. The number of halogens is 1. The number of fused-ring (bicyclic) bond motifs is 3. The van der Waals surface area contributed by atoms with Crippen LogP contribution in [0.3, 0.4) is 0 Å². The Morgan fingerprint density at radius 1 is 1.30 bits per heavy atom. The summed E-state index contributed by atoms with van der Waals surface area (Å²) in [5.41, 5.74) is 1.26. The molecule has 20 heavy (non-hydrogen) atoms. The molecule has 0 saturated carbocycles. The topological polar surface area (TPSA) is 76.0 Å². The number of thioether (sulfide) groups is 1. The molecule has 0 bridgehead atoms. The van der Waals surface area contributed by atoms with Crippen molar-refractivity contribution in [1.82, 2.24) is 15.0 Å². The summed E-state index contributed by atoms with van der Waals surface area (Å²) in [4.78, 5) is 23.8. The molecule has 5 nitrogen and oxygen atoms in total. The normalized spacial score (nSPS) is 11.1. The van der Waals surface area contributed by atoms with Crippen LogP contribution in [0.1, 0.15) is 10.4 Å². The largest absolute Gasteiger partial charge is 0.478 e. The summed E-state index contributed by atoms with van der Waals surface area (Å²) in [6, 6.07) is 4.72. The zero-order valence-corrected chi connectivity index (χ0v) is 11.9. The Labute approximate surface area is 123 Å². The van der Waals surface area contributed by atoms with Gasteiger partial charge in [0.05, 0.1) is 11.1 Å². The van der Waals surface area contributed by atoms with Crippen LogP contribution in [0.2, 0.25) is 5.15 Å². The highest BCUT2D eigenvalue weighted by molar-refractivity contribution is 7.98. The van der Waals surface area contributed by atoms with Gasteiger partial charge >= 0.3 is 5.97 Å². The Bertz CT molecular complexity index is 854. The number of carboxylic acid groups (broad SMARTS) is 1. The molecule has 7 heteroatoms. The average Bonchev–Trinajstić information content (AvgIpc) is 2.46. The molecule has 100 valence electrons. The van der Waals surface area contributed by atoms with Gasteiger partial charge in [0.25, 0.3) is 0 Å². The maximum Gasteiger partial charge on any atom is 0.335 e. The third-order valence-corrected chi connectivity index (χ3v) is 3.72. The molecule has 2 aromatic heterocycles. The van der Waals surface area contributed by atoms with E-state index in [-0.39, 0.29) is 10.7 Å². The van der Waals surface area contributed by atoms with Gasteiger partial charge in [0.15, 0.2) is 10.3 Å². The minimum Gasteiger partial charge on any atom is -0.478 e. The number of hydrogen-bond donors (Lipinski definition) is 1. The summed E-state index contributed by atoms with van der Waals surface area (Å²) in [5, 5.41) is 11.4. The first kappa shape index (κ1) is 13.1. The molecule has 0 aliphatic carbocycles. The number of rotatable bonds is 2. The predicted octanol–water partition coefficient (Wildman–Crippen LogP) is 3.25. The SMILES string of the molecule is CSc1ncc2c(n1)c(Cl)nc1cc(C(=O)O)ccc12. The summed E-state index contributed by atoms with van der Waals surface area (Å²) >= 11 is 7.56. The van der Waals surface area contributed by atoms with Crippen LogP contribution >= 0.6 is 23.4 Å². The minimum absolute atomic E-state index is 0.169. The fourth-order valence-corrected chi connectivity index (χ4v) is 2.54. The first-order chi connectivity index (χ1) is 9.60. The summed E-state index contributed by atoms with van der Waals surface area (Å²) in [6.07, 6.45) is 3.56. The van der Waals surface area contributed by atoms with Gasteiger partial charge in [-0.1, -0.05) is 29.4 Å². The van der Waals surface area contributed by atoms with Crippen molar-refractivity contribution in [1.29, 1.82) is 0 Å². The van der Waals surface area contributed by atoms with Crippen molar-refractivity contribution in [3.05, 3.63) is 35.1 Å². The molecular formula is C13H8ClN3O2S. The van der Waals surface area contributed by atoms with Crippen LogP contribution in [0.4, 0.5) is 0 Å². The monoisotopic (exact) mass is 305 g/mol. The lowest BCUT2D eigenvalue weighted by atomic mass is 10.1. The quantitative estimate of drug-likeness (QED) is 0.339. The molecule has 0 fully saturated rings. The zero-order valence-electron chi connectivity index (χ0n) is 10.3. The van der Waals surface area contributed by atoms with E-state index in [1.54, 1.807) is 12.3 Å². The highest BCUT2D eigenvalue weighted by Crippen LogP contribution is 2.29. The Balaban J connectivity index is 2.39. The molecule has 0 saturated heterocycles. The lowest BCUT2D eigenvalue weighted by Crippen LogP contribution is -1.97. The highest BCUT2D eigenvalue weighted by atomic mass is 35.5. The molecule has 0 aliphatic rings. The molecule has 2 heterocycles. The minimum atomic E-state index is -1.00. The van der Waals surface area contributed by atoms with E-state index in [2.05, 4.69) is 15.0 Å². The van der Waals surface area contributed by atoms with Crippen LogP contribution in [-0.4, -0.2) is 32.3 Å². The molecule has 0 spiro atoms. The van der Waals surface area contributed by atoms with Gasteiger partial charge in [0.1, 0.15) is 5.52 Å². The third-order valence-electron chi connectivity index (χ3n) is 2.90. The average molecular weight is 306 g/mol. The number of pyridine rings is 1. The lowest BCUT2D eigenvalue weighted by Gasteiger charge is -2.06. The van der Waals surface area contributed by atoms with E-state index in [1.165, 1.54) is 23.9 Å². The van der Waals surface area contributed by atoms with E-state index in [4.69, 9.17) is 16.7 Å². The Hall–Kier alpha value is -1.92. The standard InChI is InChI=1S/C13H8ClN3O2S/c1-20-13-15-5-8-7-3-2-6(12(18)19)4-9(7)16-11(14)10(8)17-13/h2-5H,1H3,(H,18,19). The van der Waals surface area contributed by atoms with Crippen LogP contribution in [0.5, 0.6) is 0 Å². The van der Waals surface area contributed by atoms with Crippen molar-refractivity contribution in [2.24, 2.45) is 0 Å². The van der Waals surface area contributed by atoms with Crippen molar-refractivity contribution in [3.8, 4) is 0 Å². The molecule has 0 radical (unpaired) electrons. The fraction of sp³-hybridized carbons (Fsp3) is 0.0769. The van der Waals surface area contributed by atoms with Gasteiger partial charge in [-0.05, 0) is 18.4 Å². The smallest absolute Gasteiger partial charge is 0.335 e. The molecule has 3 rings (SSSR count). The summed E-state index contributed by atoms with van der Waals surface area (Å²) < 4.78 is 0. The molecule has 0 amide bonds. The second-order valence-electron chi connectivity index (χ2n) is 4.06. The van der Waals surface area contributed by atoms with Gasteiger partial charge in [-0.25, -0.2) is 19.7 Å². The van der Waals surface area contributed by atoms with Crippen molar-refractivity contribution in [3.63, 3.8) is 0 Å². The van der Waals surface area contributed by atoms with E-state index >= 15 is 0 Å². The number of carboxylic acids is 1. The third kappa shape index (κ3) is 2.07. The molecule has 0 atom stereocenters. The van der Waals surface area contributed by atoms with Crippen molar-refractivity contribution >= 4 is 51.1 Å². The fourth-order valence-electron chi connectivity index (χ4n) is 1.96. The first-order valence-electron chi connectivity index (χ1n) is 5.63. The second kappa shape index (κ2) is 4.88. The zero-order chi connectivity index (χ0) is 14.3. The number of aromatic nitrogens is 3. The van der Waals surface area contributed by atoms with Gasteiger partial charge < -0.3 is 5.11 Å².